The first-order chi connectivity index (χ1) is 6.22. The number of nitrogens with one attached hydrogen (secondary N) is 1. The number of rotatable bonds is 2. The lowest BCUT2D eigenvalue weighted by Crippen LogP contribution is -2.26. The molecule has 0 aliphatic rings. The second kappa shape index (κ2) is 4.50. The summed E-state index contributed by atoms with van der Waals surface area (Å²) in [5.74, 6) is 0.575. The number of hydrogen-bond donors (Lipinski definition) is 1. The van der Waals surface area contributed by atoms with E-state index in [1.165, 1.54) is 0 Å². The average molecular weight is 179 g/mol. The Morgan fingerprint density at radius 1 is 1.54 bits per heavy atom. The zero-order valence-electron chi connectivity index (χ0n) is 7.83. The highest BCUT2D eigenvalue weighted by Crippen LogP contribution is 2.11. The van der Waals surface area contributed by atoms with Gasteiger partial charge in [0.15, 0.2) is 0 Å². The molecule has 0 saturated carbocycles. The van der Waals surface area contributed by atoms with E-state index in [1.807, 2.05) is 32.0 Å². The molecular weight excluding hydrogens is 166 g/mol. The Morgan fingerprint density at radius 2 is 2.31 bits per heavy atom. The van der Waals surface area contributed by atoms with Crippen molar-refractivity contribution in [1.29, 1.82) is 0 Å². The average Bonchev–Trinajstić information content (AvgIpc) is 2.04. The molecule has 0 atom stereocenters. The Labute approximate surface area is 77.7 Å². The summed E-state index contributed by atoms with van der Waals surface area (Å²) < 4.78 is 4.99. The van der Waals surface area contributed by atoms with E-state index in [0.29, 0.717) is 12.3 Å². The van der Waals surface area contributed by atoms with Gasteiger partial charge in [0, 0.05) is 6.54 Å². The number of hydrogen-bond acceptors (Lipinski definition) is 2. The number of benzene rings is 1. The molecule has 1 N–H and O–H groups in total. The number of carbonyl (C=O) groups is 1. The van der Waals surface area contributed by atoms with Crippen LogP contribution >= 0.6 is 0 Å². The molecule has 3 nitrogen and oxygen atoms in total. The zero-order valence-corrected chi connectivity index (χ0v) is 7.83. The molecule has 0 unspecified atom stereocenters. The molecule has 13 heavy (non-hydrogen) atoms. The highest BCUT2D eigenvalue weighted by molar-refractivity contribution is 5.70. The van der Waals surface area contributed by atoms with Crippen LogP contribution < -0.4 is 10.1 Å². The Morgan fingerprint density at radius 3 is 2.92 bits per heavy atom. The molecule has 0 spiro atoms. The van der Waals surface area contributed by atoms with Crippen LogP contribution in [0.1, 0.15) is 12.5 Å². The van der Waals surface area contributed by atoms with Crippen LogP contribution in [0.4, 0.5) is 4.79 Å². The van der Waals surface area contributed by atoms with Gasteiger partial charge >= 0.3 is 6.09 Å². The van der Waals surface area contributed by atoms with E-state index in [1.54, 1.807) is 6.07 Å². The molecular formula is C10H13NO2. The maximum atomic E-state index is 11.0. The highest BCUT2D eigenvalue weighted by atomic mass is 16.5. The molecule has 0 bridgehead atoms. The second-order valence-electron chi connectivity index (χ2n) is 2.74. The molecule has 0 aliphatic heterocycles. The molecule has 0 aromatic heterocycles. The summed E-state index contributed by atoms with van der Waals surface area (Å²) in [6.07, 6.45) is -0.409. The minimum Gasteiger partial charge on any atom is -0.410 e. The molecule has 0 heterocycles. The van der Waals surface area contributed by atoms with Crippen molar-refractivity contribution in [3.05, 3.63) is 29.8 Å². The molecule has 0 fully saturated rings. The predicted molar refractivity (Wildman–Crippen MR) is 50.9 cm³/mol. The van der Waals surface area contributed by atoms with Crippen molar-refractivity contribution in [2.75, 3.05) is 6.54 Å². The molecule has 0 saturated heterocycles. The van der Waals surface area contributed by atoms with Gasteiger partial charge in [-0.2, -0.15) is 0 Å². The van der Waals surface area contributed by atoms with Gasteiger partial charge in [-0.3, -0.25) is 0 Å². The first kappa shape index (κ1) is 9.58. The summed E-state index contributed by atoms with van der Waals surface area (Å²) in [6.45, 7) is 4.37. The quantitative estimate of drug-likeness (QED) is 0.755. The van der Waals surface area contributed by atoms with Crippen molar-refractivity contribution >= 4 is 6.09 Å². The van der Waals surface area contributed by atoms with Crippen molar-refractivity contribution < 1.29 is 9.53 Å². The summed E-state index contributed by atoms with van der Waals surface area (Å²) in [5, 5.41) is 2.55. The third-order valence-corrected chi connectivity index (χ3v) is 1.52. The fraction of sp³-hybridized carbons (Fsp3) is 0.300. The number of aryl methyl sites for hydroxylation is 1. The van der Waals surface area contributed by atoms with Gasteiger partial charge in [0.25, 0.3) is 0 Å². The van der Waals surface area contributed by atoms with Crippen LogP contribution in [0.25, 0.3) is 0 Å². The van der Waals surface area contributed by atoms with Gasteiger partial charge in [-0.05, 0) is 31.5 Å². The molecule has 0 aliphatic carbocycles. The summed E-state index contributed by atoms with van der Waals surface area (Å²) in [6, 6.07) is 7.37. The topological polar surface area (TPSA) is 38.3 Å². The van der Waals surface area contributed by atoms with Crippen molar-refractivity contribution in [2.45, 2.75) is 13.8 Å². The number of ether oxygens (including phenoxy) is 1. The van der Waals surface area contributed by atoms with E-state index in [0.717, 1.165) is 5.56 Å². The van der Waals surface area contributed by atoms with E-state index < -0.39 is 6.09 Å². The Balaban J connectivity index is 2.58. The molecule has 1 aromatic carbocycles. The first-order valence-corrected chi connectivity index (χ1v) is 4.24. The maximum absolute atomic E-state index is 11.0. The van der Waals surface area contributed by atoms with Crippen molar-refractivity contribution in [1.82, 2.24) is 5.32 Å². The molecule has 70 valence electrons. The fourth-order valence-corrected chi connectivity index (χ4v) is 0.966. The summed E-state index contributed by atoms with van der Waals surface area (Å²) in [7, 11) is 0. The van der Waals surface area contributed by atoms with Crippen LogP contribution in [0, 0.1) is 6.92 Å². The van der Waals surface area contributed by atoms with Crippen LogP contribution in [-0.2, 0) is 0 Å². The van der Waals surface area contributed by atoms with Crippen molar-refractivity contribution in [2.24, 2.45) is 0 Å². The minimum atomic E-state index is -0.409. The van der Waals surface area contributed by atoms with Gasteiger partial charge in [0.05, 0.1) is 0 Å². The Kier molecular flexibility index (Phi) is 3.31. The van der Waals surface area contributed by atoms with E-state index in [9.17, 15) is 4.79 Å². The van der Waals surface area contributed by atoms with Crippen LogP contribution in [0.5, 0.6) is 5.75 Å². The van der Waals surface area contributed by atoms with E-state index in [4.69, 9.17) is 4.74 Å². The molecule has 1 rings (SSSR count). The Hall–Kier alpha value is -1.51. The van der Waals surface area contributed by atoms with Gasteiger partial charge in [0.2, 0.25) is 0 Å². The second-order valence-corrected chi connectivity index (χ2v) is 2.74. The molecule has 3 heteroatoms. The predicted octanol–water partition coefficient (Wildman–Crippen LogP) is 2.10. The van der Waals surface area contributed by atoms with Gasteiger partial charge in [0.1, 0.15) is 5.75 Å². The van der Waals surface area contributed by atoms with E-state index >= 15 is 0 Å². The zero-order chi connectivity index (χ0) is 9.68. The lowest BCUT2D eigenvalue weighted by molar-refractivity contribution is 0.201. The van der Waals surface area contributed by atoms with E-state index in [-0.39, 0.29) is 0 Å². The first-order valence-electron chi connectivity index (χ1n) is 4.24. The van der Waals surface area contributed by atoms with Gasteiger partial charge in [-0.1, -0.05) is 12.1 Å². The van der Waals surface area contributed by atoms with Crippen LogP contribution in [0.15, 0.2) is 24.3 Å². The normalized spacial score (nSPS) is 9.38. The number of carbonyl (C=O) groups excluding carboxylic acids is 1. The third kappa shape index (κ3) is 3.15. The molecule has 1 aromatic rings. The molecule has 0 radical (unpaired) electrons. The van der Waals surface area contributed by atoms with Crippen molar-refractivity contribution in [3.8, 4) is 5.75 Å². The third-order valence-electron chi connectivity index (χ3n) is 1.52. The summed E-state index contributed by atoms with van der Waals surface area (Å²) >= 11 is 0. The van der Waals surface area contributed by atoms with Gasteiger partial charge in [-0.15, -0.1) is 0 Å². The van der Waals surface area contributed by atoms with Crippen LogP contribution in [0.3, 0.4) is 0 Å². The van der Waals surface area contributed by atoms with Crippen molar-refractivity contribution in [3.63, 3.8) is 0 Å². The Bertz CT molecular complexity index is 297. The SMILES string of the molecule is CCNC(=O)Oc1cccc(C)c1. The van der Waals surface area contributed by atoms with Gasteiger partial charge < -0.3 is 10.1 Å². The van der Waals surface area contributed by atoms with Crippen LogP contribution in [0.2, 0.25) is 0 Å². The summed E-state index contributed by atoms with van der Waals surface area (Å²) in [5.41, 5.74) is 1.07. The summed E-state index contributed by atoms with van der Waals surface area (Å²) in [4.78, 5) is 11.0. The monoisotopic (exact) mass is 179 g/mol. The fourth-order valence-electron chi connectivity index (χ4n) is 0.966. The number of amides is 1. The highest BCUT2D eigenvalue weighted by Gasteiger charge is 2.01. The standard InChI is InChI=1S/C10H13NO2/c1-3-11-10(12)13-9-6-4-5-8(2)7-9/h4-7H,3H2,1-2H3,(H,11,12). The lowest BCUT2D eigenvalue weighted by atomic mass is 10.2. The largest absolute Gasteiger partial charge is 0.412 e. The van der Waals surface area contributed by atoms with Gasteiger partial charge in [-0.25, -0.2) is 4.79 Å². The van der Waals surface area contributed by atoms with Crippen LogP contribution in [-0.4, -0.2) is 12.6 Å². The molecule has 1 amide bonds. The lowest BCUT2D eigenvalue weighted by Gasteiger charge is -2.04. The smallest absolute Gasteiger partial charge is 0.410 e. The maximum Gasteiger partial charge on any atom is 0.412 e. The van der Waals surface area contributed by atoms with E-state index in [2.05, 4.69) is 5.32 Å². The minimum absolute atomic E-state index is 0.409.